The molecule has 30 heavy (non-hydrogen) atoms. The molecule has 0 aromatic carbocycles. The summed E-state index contributed by atoms with van der Waals surface area (Å²) >= 11 is 0.836. The highest BCUT2D eigenvalue weighted by molar-refractivity contribution is 7.91. The van der Waals surface area contributed by atoms with Gasteiger partial charge in [-0.3, -0.25) is 4.79 Å². The molecule has 1 aromatic heterocycles. The lowest BCUT2D eigenvalue weighted by molar-refractivity contribution is -0.125. The number of halogens is 1. The Labute approximate surface area is 182 Å². The van der Waals surface area contributed by atoms with Gasteiger partial charge in [0.15, 0.2) is 0 Å². The van der Waals surface area contributed by atoms with Gasteiger partial charge in [-0.1, -0.05) is 33.3 Å². The molecule has 0 saturated carbocycles. The molecule has 1 aromatic rings. The molecule has 168 valence electrons. The number of amides is 1. The molecule has 0 bridgehead atoms. The zero-order valence-electron chi connectivity index (χ0n) is 18.6. The van der Waals surface area contributed by atoms with Crippen molar-refractivity contribution in [1.29, 1.82) is 0 Å². The van der Waals surface area contributed by atoms with Crippen LogP contribution in [0.1, 0.15) is 59.3 Å². The molecule has 2 rings (SSSR count). The lowest BCUT2D eigenvalue weighted by atomic mass is 9.75. The van der Waals surface area contributed by atoms with E-state index in [9.17, 15) is 22.7 Å². The fourth-order valence-corrected chi connectivity index (χ4v) is 5.89. The molecule has 1 amide bonds. The Hall–Kier alpha value is -1.58. The van der Waals surface area contributed by atoms with Gasteiger partial charge in [0.2, 0.25) is 10.2 Å². The number of aliphatic hydroxyl groups is 1. The van der Waals surface area contributed by atoms with Crippen molar-refractivity contribution in [3.05, 3.63) is 34.1 Å². The van der Waals surface area contributed by atoms with Crippen molar-refractivity contribution in [2.75, 3.05) is 7.05 Å². The number of carbonyl (C=O) groups excluding carboxylic acids is 1. The van der Waals surface area contributed by atoms with Crippen LogP contribution in [0.25, 0.3) is 0 Å². The number of hydrogen-bond donors (Lipinski definition) is 1. The van der Waals surface area contributed by atoms with E-state index in [-0.39, 0.29) is 40.8 Å². The van der Waals surface area contributed by atoms with Crippen LogP contribution in [0.15, 0.2) is 33.6 Å². The van der Waals surface area contributed by atoms with E-state index in [0.717, 1.165) is 22.5 Å². The molecular weight excluding hydrogens is 427 g/mol. The highest BCUT2D eigenvalue weighted by atomic mass is 32.2. The second-order valence-corrected chi connectivity index (χ2v) is 12.0. The van der Waals surface area contributed by atoms with Gasteiger partial charge in [-0.2, -0.15) is 8.42 Å². The van der Waals surface area contributed by atoms with Gasteiger partial charge in [0.05, 0.1) is 10.5 Å². The van der Waals surface area contributed by atoms with Crippen LogP contribution < -0.4 is 0 Å². The Morgan fingerprint density at radius 1 is 1.37 bits per heavy atom. The number of thiazole rings is 1. The normalized spacial score (nSPS) is 18.2. The number of carbonyl (C=O) groups is 1. The van der Waals surface area contributed by atoms with Gasteiger partial charge in [-0.15, -0.1) is 11.3 Å². The summed E-state index contributed by atoms with van der Waals surface area (Å²) in [6, 6.07) is 0. The molecule has 1 N–H and O–H groups in total. The maximum absolute atomic E-state index is 14.2. The molecule has 1 aliphatic carbocycles. The number of rotatable bonds is 7. The summed E-state index contributed by atoms with van der Waals surface area (Å²) in [4.78, 5) is 17.3. The molecule has 1 heterocycles. The Balaban J connectivity index is 2.36. The van der Waals surface area contributed by atoms with Gasteiger partial charge >= 0.3 is 0 Å². The minimum absolute atomic E-state index is 0.00956. The van der Waals surface area contributed by atoms with E-state index < -0.39 is 21.5 Å². The molecule has 1 aliphatic rings. The first kappa shape index (κ1) is 24.7. The summed E-state index contributed by atoms with van der Waals surface area (Å²) in [6.07, 6.45) is 2.91. The van der Waals surface area contributed by atoms with Gasteiger partial charge in [-0.25, -0.2) is 13.7 Å². The van der Waals surface area contributed by atoms with Gasteiger partial charge < -0.3 is 5.11 Å². The van der Waals surface area contributed by atoms with Crippen LogP contribution in [0.3, 0.4) is 0 Å². The van der Waals surface area contributed by atoms with E-state index in [2.05, 4.69) is 4.98 Å². The van der Waals surface area contributed by atoms with Crippen LogP contribution in [0.2, 0.25) is 0 Å². The Morgan fingerprint density at radius 3 is 2.43 bits per heavy atom. The molecule has 0 fully saturated rings. The molecule has 1 unspecified atom stereocenters. The van der Waals surface area contributed by atoms with Gasteiger partial charge in [0.1, 0.15) is 5.83 Å². The highest BCUT2D eigenvalue weighted by Gasteiger charge is 2.34. The molecular formula is C21H31FN2O4S2. The van der Waals surface area contributed by atoms with E-state index in [1.54, 1.807) is 0 Å². The van der Waals surface area contributed by atoms with E-state index >= 15 is 0 Å². The van der Waals surface area contributed by atoms with Crippen LogP contribution in [0.4, 0.5) is 4.39 Å². The SMILES string of the molecule is CC(C)C1=C(CC(=O)N(C)S(=O)(=O)c2ncc(C(C)(C)O)s2)C(C(C)C)CC(F)=C1. The molecule has 0 aliphatic heterocycles. The third-order valence-electron chi connectivity index (χ3n) is 5.33. The van der Waals surface area contributed by atoms with E-state index in [1.807, 2.05) is 27.7 Å². The van der Waals surface area contributed by atoms with Gasteiger partial charge in [-0.05, 0) is 43.3 Å². The van der Waals surface area contributed by atoms with Crippen molar-refractivity contribution in [3.8, 4) is 0 Å². The third-order valence-corrected chi connectivity index (χ3v) is 8.79. The largest absolute Gasteiger partial charge is 0.385 e. The Kier molecular flexibility index (Phi) is 7.31. The smallest absolute Gasteiger partial charge is 0.293 e. The van der Waals surface area contributed by atoms with Crippen LogP contribution >= 0.6 is 11.3 Å². The number of nitrogens with zero attached hydrogens (tertiary/aromatic N) is 2. The summed E-state index contributed by atoms with van der Waals surface area (Å²) in [5.41, 5.74) is 0.327. The first-order valence-corrected chi connectivity index (χ1v) is 12.2. The molecule has 0 saturated heterocycles. The molecule has 6 nitrogen and oxygen atoms in total. The zero-order valence-corrected chi connectivity index (χ0v) is 20.2. The highest BCUT2D eigenvalue weighted by Crippen LogP contribution is 2.40. The second kappa shape index (κ2) is 8.88. The van der Waals surface area contributed by atoms with E-state index in [0.29, 0.717) is 9.18 Å². The van der Waals surface area contributed by atoms with E-state index in [4.69, 9.17) is 0 Å². The average Bonchev–Trinajstić information content (AvgIpc) is 3.13. The monoisotopic (exact) mass is 458 g/mol. The van der Waals surface area contributed by atoms with Gasteiger partial charge in [0.25, 0.3) is 10.0 Å². The summed E-state index contributed by atoms with van der Waals surface area (Å²) in [5, 5.41) is 10.1. The van der Waals surface area contributed by atoms with Crippen molar-refractivity contribution in [1.82, 2.24) is 9.29 Å². The average molecular weight is 459 g/mol. The molecule has 1 atom stereocenters. The molecule has 9 heteroatoms. The lowest BCUT2D eigenvalue weighted by Gasteiger charge is -2.31. The third kappa shape index (κ3) is 5.18. The van der Waals surface area contributed by atoms with Crippen molar-refractivity contribution in [2.24, 2.45) is 17.8 Å². The van der Waals surface area contributed by atoms with Crippen molar-refractivity contribution < 1.29 is 22.7 Å². The summed E-state index contributed by atoms with van der Waals surface area (Å²) in [6.45, 7) is 10.9. The van der Waals surface area contributed by atoms with Gasteiger partial charge in [0, 0.05) is 26.1 Å². The Bertz CT molecular complexity index is 969. The first-order chi connectivity index (χ1) is 13.7. The predicted molar refractivity (Wildman–Crippen MR) is 116 cm³/mol. The lowest BCUT2D eigenvalue weighted by Crippen LogP contribution is -2.34. The van der Waals surface area contributed by atoms with Crippen LogP contribution in [-0.2, 0) is 20.4 Å². The van der Waals surface area contributed by atoms with Crippen LogP contribution in [0, 0.1) is 17.8 Å². The number of hydrogen-bond acceptors (Lipinski definition) is 6. The standard InChI is InChI=1S/C21H31FN2O4S2/c1-12(2)15-8-14(22)9-16(13(3)4)17(15)10-19(25)24(7)30(27,28)20-23-11-18(29-20)21(5,6)26/h8,11-13,16,26H,9-10H2,1-7H3. The fourth-order valence-electron chi connectivity index (χ4n) is 3.46. The first-order valence-electron chi connectivity index (χ1n) is 9.95. The maximum Gasteiger partial charge on any atom is 0.293 e. The minimum atomic E-state index is -4.15. The quantitative estimate of drug-likeness (QED) is 0.655. The fraction of sp³-hybridized carbons (Fsp3) is 0.619. The van der Waals surface area contributed by atoms with Crippen LogP contribution in [-0.4, -0.2) is 35.8 Å². The summed E-state index contributed by atoms with van der Waals surface area (Å²) in [7, 11) is -2.94. The van der Waals surface area contributed by atoms with E-state index in [1.165, 1.54) is 33.2 Å². The molecule has 0 spiro atoms. The number of aromatic nitrogens is 1. The summed E-state index contributed by atoms with van der Waals surface area (Å²) < 4.78 is 40.5. The maximum atomic E-state index is 14.2. The number of allylic oxidation sites excluding steroid dienone is 3. The summed E-state index contributed by atoms with van der Waals surface area (Å²) in [5.74, 6) is -0.846. The van der Waals surface area contributed by atoms with Crippen molar-refractivity contribution in [3.63, 3.8) is 0 Å². The minimum Gasteiger partial charge on any atom is -0.385 e. The number of sulfonamides is 1. The van der Waals surface area contributed by atoms with Crippen molar-refractivity contribution in [2.45, 2.75) is 64.3 Å². The molecule has 0 radical (unpaired) electrons. The predicted octanol–water partition coefficient (Wildman–Crippen LogP) is 4.39. The van der Waals surface area contributed by atoms with Crippen molar-refractivity contribution >= 4 is 27.3 Å². The Morgan fingerprint density at radius 2 is 1.97 bits per heavy atom. The zero-order chi connectivity index (χ0) is 23.0. The second-order valence-electron chi connectivity index (χ2n) is 8.87. The topological polar surface area (TPSA) is 87.6 Å². The van der Waals surface area contributed by atoms with Crippen LogP contribution in [0.5, 0.6) is 0 Å².